The second-order valence-corrected chi connectivity index (χ2v) is 10.0. The van der Waals surface area contributed by atoms with Crippen LogP contribution in [0.25, 0.3) is 11.1 Å². The zero-order valence-electron chi connectivity index (χ0n) is 19.0. The van der Waals surface area contributed by atoms with E-state index in [0.717, 1.165) is 30.4 Å². The maximum Gasteiger partial charge on any atom is 0.411 e. The number of halogens is 2. The highest BCUT2D eigenvalue weighted by Crippen LogP contribution is 2.48. The van der Waals surface area contributed by atoms with E-state index in [4.69, 9.17) is 32.7 Å². The van der Waals surface area contributed by atoms with Crippen LogP contribution in [0.3, 0.4) is 0 Å². The Labute approximate surface area is 213 Å². The molecule has 9 heteroatoms. The lowest BCUT2D eigenvalue weighted by molar-refractivity contribution is -0.142. The van der Waals surface area contributed by atoms with E-state index in [2.05, 4.69) is 5.32 Å². The molecule has 4 unspecified atom stereocenters. The molecule has 4 atom stereocenters. The minimum atomic E-state index is -0.527. The third-order valence-electron chi connectivity index (χ3n) is 7.02. The summed E-state index contributed by atoms with van der Waals surface area (Å²) in [5.74, 6) is -0.696. The molecule has 184 valence electrons. The Kier molecular flexibility index (Phi) is 7.00. The number of imide groups is 1. The van der Waals surface area contributed by atoms with Gasteiger partial charge in [0.15, 0.2) is 0 Å². The average Bonchev–Trinajstić information content (AvgIpc) is 3.53. The summed E-state index contributed by atoms with van der Waals surface area (Å²) >= 11 is 12.0. The van der Waals surface area contributed by atoms with Gasteiger partial charge in [0.2, 0.25) is 11.8 Å². The predicted octanol–water partition coefficient (Wildman–Crippen LogP) is 5.54. The fourth-order valence-corrected chi connectivity index (χ4v) is 5.58. The number of carbonyl (C=O) groups is 3. The fourth-order valence-electron chi connectivity index (χ4n) is 5.28. The second kappa shape index (κ2) is 10.2. The minimum absolute atomic E-state index is 0.0759. The van der Waals surface area contributed by atoms with Crippen LogP contribution in [0.5, 0.6) is 0 Å². The molecule has 0 aromatic heterocycles. The van der Waals surface area contributed by atoms with Crippen LogP contribution < -0.4 is 5.32 Å². The topological polar surface area (TPSA) is 84.9 Å². The number of benzene rings is 2. The van der Waals surface area contributed by atoms with Crippen LogP contribution in [0, 0.1) is 11.8 Å². The van der Waals surface area contributed by atoms with Crippen molar-refractivity contribution in [3.63, 3.8) is 0 Å². The van der Waals surface area contributed by atoms with E-state index in [9.17, 15) is 14.4 Å². The molecule has 0 radical (unpaired) electrons. The summed E-state index contributed by atoms with van der Waals surface area (Å²) in [6.45, 7) is 0.680. The number of fused-ring (bicyclic) bond motifs is 5. The summed E-state index contributed by atoms with van der Waals surface area (Å²) in [6, 6.07) is 12.7. The zero-order valence-corrected chi connectivity index (χ0v) is 20.6. The van der Waals surface area contributed by atoms with E-state index in [1.807, 2.05) is 18.2 Å². The Hall–Kier alpha value is -2.61. The van der Waals surface area contributed by atoms with E-state index in [1.165, 1.54) is 4.90 Å². The number of hydrogen-bond donors (Lipinski definition) is 1. The van der Waals surface area contributed by atoms with Crippen molar-refractivity contribution in [2.45, 2.75) is 44.3 Å². The number of unbranched alkanes of at least 4 members (excludes halogenated alkanes) is 2. The first-order chi connectivity index (χ1) is 16.9. The summed E-state index contributed by atoms with van der Waals surface area (Å²) in [7, 11) is 0. The maximum absolute atomic E-state index is 12.6. The molecule has 2 bridgehead atoms. The van der Waals surface area contributed by atoms with Crippen LogP contribution in [0.15, 0.2) is 42.5 Å². The highest BCUT2D eigenvalue weighted by atomic mass is 35.5. The molecule has 3 fully saturated rings. The monoisotopic (exact) mass is 516 g/mol. The highest BCUT2D eigenvalue weighted by Gasteiger charge is 2.62. The van der Waals surface area contributed by atoms with Crippen molar-refractivity contribution in [1.29, 1.82) is 0 Å². The number of carbonyl (C=O) groups excluding carboxylic acids is 3. The molecule has 0 saturated carbocycles. The van der Waals surface area contributed by atoms with Crippen molar-refractivity contribution in [1.82, 2.24) is 4.90 Å². The molecule has 3 aliphatic heterocycles. The molecule has 0 aliphatic carbocycles. The summed E-state index contributed by atoms with van der Waals surface area (Å²) in [6.07, 6.45) is 3.16. The van der Waals surface area contributed by atoms with Crippen LogP contribution in [-0.4, -0.2) is 48.2 Å². The van der Waals surface area contributed by atoms with Gasteiger partial charge >= 0.3 is 6.09 Å². The van der Waals surface area contributed by atoms with Gasteiger partial charge in [0.05, 0.1) is 40.7 Å². The third-order valence-corrected chi connectivity index (χ3v) is 7.76. The summed E-state index contributed by atoms with van der Waals surface area (Å²) in [5.41, 5.74) is 2.49. The molecule has 35 heavy (non-hydrogen) atoms. The molecule has 3 saturated heterocycles. The Morgan fingerprint density at radius 3 is 2.23 bits per heavy atom. The number of nitrogens with one attached hydrogen (secondary N) is 1. The number of rotatable bonds is 8. The van der Waals surface area contributed by atoms with E-state index in [0.29, 0.717) is 35.1 Å². The number of likely N-dealkylation sites (tertiary alicyclic amines) is 1. The smallest absolute Gasteiger partial charge is 0.411 e. The van der Waals surface area contributed by atoms with E-state index >= 15 is 0 Å². The first kappa shape index (κ1) is 24.1. The maximum atomic E-state index is 12.6. The molecule has 0 spiro atoms. The molecule has 3 amide bonds. The van der Waals surface area contributed by atoms with Crippen molar-refractivity contribution in [2.75, 3.05) is 18.5 Å². The summed E-state index contributed by atoms with van der Waals surface area (Å²) in [5, 5.41) is 3.69. The molecule has 3 aliphatic rings. The molecule has 2 aromatic carbocycles. The van der Waals surface area contributed by atoms with Crippen molar-refractivity contribution >= 4 is 46.8 Å². The number of hydrogen-bond acceptors (Lipinski definition) is 5. The van der Waals surface area contributed by atoms with Crippen LogP contribution in [-0.2, 0) is 19.1 Å². The third kappa shape index (κ3) is 4.90. The van der Waals surface area contributed by atoms with Crippen molar-refractivity contribution in [3.05, 3.63) is 52.5 Å². The Balaban J connectivity index is 1.00. The lowest BCUT2D eigenvalue weighted by Gasteiger charge is -2.17. The average molecular weight is 517 g/mol. The largest absolute Gasteiger partial charge is 0.449 e. The van der Waals surface area contributed by atoms with Gasteiger partial charge in [-0.15, -0.1) is 0 Å². The number of amides is 3. The van der Waals surface area contributed by atoms with Gasteiger partial charge in [0.1, 0.15) is 0 Å². The first-order valence-corrected chi connectivity index (χ1v) is 12.7. The molecule has 3 heterocycles. The molecule has 7 nitrogen and oxygen atoms in total. The molecule has 5 rings (SSSR count). The fraction of sp³-hybridized carbons (Fsp3) is 0.423. The summed E-state index contributed by atoms with van der Waals surface area (Å²) in [4.78, 5) is 38.8. The van der Waals surface area contributed by atoms with Gasteiger partial charge in [0, 0.05) is 12.2 Å². The van der Waals surface area contributed by atoms with Crippen LogP contribution in [0.2, 0.25) is 10.0 Å². The van der Waals surface area contributed by atoms with Gasteiger partial charge in [0.25, 0.3) is 0 Å². The number of ether oxygens (including phenoxy) is 2. The van der Waals surface area contributed by atoms with E-state index < -0.39 is 6.09 Å². The Morgan fingerprint density at radius 1 is 0.914 bits per heavy atom. The van der Waals surface area contributed by atoms with Gasteiger partial charge in [-0.05, 0) is 67.5 Å². The normalized spacial score (nSPS) is 24.7. The van der Waals surface area contributed by atoms with Crippen molar-refractivity contribution < 1.29 is 23.9 Å². The van der Waals surface area contributed by atoms with Crippen LogP contribution in [0.1, 0.15) is 32.1 Å². The number of nitrogens with zero attached hydrogens (tertiary/aromatic N) is 1. The van der Waals surface area contributed by atoms with Gasteiger partial charge in [-0.3, -0.25) is 19.8 Å². The van der Waals surface area contributed by atoms with Crippen molar-refractivity contribution in [2.24, 2.45) is 11.8 Å². The molecular formula is C26H26Cl2N2O5. The predicted molar refractivity (Wildman–Crippen MR) is 132 cm³/mol. The van der Waals surface area contributed by atoms with Gasteiger partial charge in [-0.1, -0.05) is 41.4 Å². The number of anilines is 1. The second-order valence-electron chi connectivity index (χ2n) is 9.20. The van der Waals surface area contributed by atoms with E-state index in [-0.39, 0.29) is 42.5 Å². The molecule has 1 N–H and O–H groups in total. The molecular weight excluding hydrogens is 491 g/mol. The van der Waals surface area contributed by atoms with Crippen LogP contribution >= 0.6 is 23.2 Å². The minimum Gasteiger partial charge on any atom is -0.449 e. The van der Waals surface area contributed by atoms with Gasteiger partial charge in [-0.25, -0.2) is 4.79 Å². The zero-order chi connectivity index (χ0) is 24.5. The van der Waals surface area contributed by atoms with Crippen molar-refractivity contribution in [3.8, 4) is 11.1 Å². The Morgan fingerprint density at radius 2 is 1.57 bits per heavy atom. The lowest BCUT2D eigenvalue weighted by Crippen LogP contribution is -2.35. The molecule has 2 aromatic rings. The highest BCUT2D eigenvalue weighted by molar-refractivity contribution is 6.42. The quantitative estimate of drug-likeness (QED) is 0.367. The standard InChI is InChI=1S/C26H26Cl2N2O5/c27-18-9-6-16(14-19(18)28)15-4-7-17(8-5-15)29-26(33)34-13-3-1-2-12-30-24(31)22-20-10-11-21(35-20)23(22)25(30)32/h4-9,14,20-23H,1-3,10-13H2,(H,29,33). The SMILES string of the molecule is O=C(Nc1ccc(-c2ccc(Cl)c(Cl)c2)cc1)OCCCCCN1C(=O)C2C3CCC(O3)C2C1=O. The van der Waals surface area contributed by atoms with Gasteiger partial charge in [-0.2, -0.15) is 0 Å². The van der Waals surface area contributed by atoms with Gasteiger partial charge < -0.3 is 9.47 Å². The first-order valence-electron chi connectivity index (χ1n) is 11.9. The van der Waals surface area contributed by atoms with Crippen LogP contribution in [0.4, 0.5) is 10.5 Å². The van der Waals surface area contributed by atoms with E-state index in [1.54, 1.807) is 24.3 Å². The Bertz CT molecular complexity index is 1110. The lowest BCUT2D eigenvalue weighted by atomic mass is 9.81. The summed E-state index contributed by atoms with van der Waals surface area (Å²) < 4.78 is 11.0.